The van der Waals surface area contributed by atoms with Crippen LogP contribution in [0.15, 0.2) is 0 Å². The molecule has 1 unspecified atom stereocenters. The molecule has 0 aromatic carbocycles. The third-order valence-corrected chi connectivity index (χ3v) is 3.62. The van der Waals surface area contributed by atoms with Crippen LogP contribution >= 0.6 is 0 Å². The molecule has 0 aromatic heterocycles. The van der Waals surface area contributed by atoms with Crippen molar-refractivity contribution in [2.24, 2.45) is 5.41 Å². The molecule has 0 aromatic rings. The third kappa shape index (κ3) is 5.84. The second kappa shape index (κ2) is 7.34. The zero-order valence-electron chi connectivity index (χ0n) is 12.1. The van der Waals surface area contributed by atoms with Gasteiger partial charge in [-0.15, -0.1) is 0 Å². The van der Waals surface area contributed by atoms with Gasteiger partial charge in [0, 0.05) is 32.3 Å². The first-order valence-electron chi connectivity index (χ1n) is 7.07. The molecule has 17 heavy (non-hydrogen) atoms. The molecule has 1 aliphatic rings. The lowest BCUT2D eigenvalue weighted by atomic mass is 9.93. The first-order valence-corrected chi connectivity index (χ1v) is 7.07. The Morgan fingerprint density at radius 1 is 1.41 bits per heavy atom. The lowest BCUT2D eigenvalue weighted by molar-refractivity contribution is 0.144. The summed E-state index contributed by atoms with van der Waals surface area (Å²) in [6.45, 7) is 15.5. The van der Waals surface area contributed by atoms with Crippen molar-refractivity contribution in [3.8, 4) is 0 Å². The van der Waals surface area contributed by atoms with E-state index in [-0.39, 0.29) is 0 Å². The van der Waals surface area contributed by atoms with Gasteiger partial charge < -0.3 is 10.1 Å². The van der Waals surface area contributed by atoms with Crippen LogP contribution in [0, 0.1) is 5.41 Å². The Balaban J connectivity index is 2.03. The highest BCUT2D eigenvalue weighted by molar-refractivity contribution is 4.85. The normalized spacial score (nSPS) is 21.9. The van der Waals surface area contributed by atoms with E-state index in [4.69, 9.17) is 4.74 Å². The minimum atomic E-state index is 0.517. The van der Waals surface area contributed by atoms with Gasteiger partial charge in [-0.2, -0.15) is 0 Å². The fourth-order valence-electron chi connectivity index (χ4n) is 2.41. The highest BCUT2D eigenvalue weighted by Crippen LogP contribution is 2.29. The summed E-state index contributed by atoms with van der Waals surface area (Å²) in [5, 5.41) is 3.53. The predicted molar refractivity (Wildman–Crippen MR) is 73.4 cm³/mol. The van der Waals surface area contributed by atoms with Gasteiger partial charge in [-0.05, 0) is 45.2 Å². The summed E-state index contributed by atoms with van der Waals surface area (Å²) in [5.41, 5.74) is 0.517. The predicted octanol–water partition coefficient (Wildman–Crippen LogP) is 2.12. The van der Waals surface area contributed by atoms with E-state index in [9.17, 15) is 0 Å². The molecule has 0 spiro atoms. The molecular formula is C14H30N2O. The van der Waals surface area contributed by atoms with E-state index in [2.05, 4.69) is 31.0 Å². The van der Waals surface area contributed by atoms with Gasteiger partial charge in [0.2, 0.25) is 0 Å². The van der Waals surface area contributed by atoms with Gasteiger partial charge in [0.25, 0.3) is 0 Å². The Kier molecular flexibility index (Phi) is 6.45. The highest BCUT2D eigenvalue weighted by atomic mass is 16.5. The maximum absolute atomic E-state index is 5.32. The molecule has 1 atom stereocenters. The summed E-state index contributed by atoms with van der Waals surface area (Å²) in [6.07, 6.45) is 2.45. The number of hydrogen-bond acceptors (Lipinski definition) is 3. The van der Waals surface area contributed by atoms with Gasteiger partial charge in [-0.1, -0.05) is 13.8 Å². The summed E-state index contributed by atoms with van der Waals surface area (Å²) in [4.78, 5) is 2.61. The van der Waals surface area contributed by atoms with Crippen molar-refractivity contribution < 1.29 is 4.74 Å². The van der Waals surface area contributed by atoms with Crippen LogP contribution in [0.1, 0.15) is 40.5 Å². The maximum atomic E-state index is 5.32. The SMILES string of the molecule is CCOCCCNCC(C)N1CCC(C)(C)C1. The van der Waals surface area contributed by atoms with Gasteiger partial charge in [-0.3, -0.25) is 4.90 Å². The van der Waals surface area contributed by atoms with Crippen LogP contribution in [0.3, 0.4) is 0 Å². The first kappa shape index (κ1) is 14.9. The minimum Gasteiger partial charge on any atom is -0.382 e. The average Bonchev–Trinajstić information content (AvgIpc) is 2.64. The molecule has 0 aliphatic carbocycles. The van der Waals surface area contributed by atoms with Gasteiger partial charge in [0.1, 0.15) is 0 Å². The Morgan fingerprint density at radius 2 is 2.18 bits per heavy atom. The van der Waals surface area contributed by atoms with E-state index in [0.717, 1.165) is 32.7 Å². The van der Waals surface area contributed by atoms with E-state index in [1.807, 2.05) is 6.92 Å². The van der Waals surface area contributed by atoms with Crippen molar-refractivity contribution in [1.29, 1.82) is 0 Å². The van der Waals surface area contributed by atoms with E-state index in [1.54, 1.807) is 0 Å². The molecule has 0 amide bonds. The monoisotopic (exact) mass is 242 g/mol. The molecular weight excluding hydrogens is 212 g/mol. The van der Waals surface area contributed by atoms with Crippen LogP contribution in [0.2, 0.25) is 0 Å². The van der Waals surface area contributed by atoms with Crippen molar-refractivity contribution in [3.63, 3.8) is 0 Å². The van der Waals surface area contributed by atoms with Crippen LogP contribution in [0.5, 0.6) is 0 Å². The Bertz CT molecular complexity index is 206. The van der Waals surface area contributed by atoms with Crippen LogP contribution in [-0.2, 0) is 4.74 Å². The number of rotatable bonds is 8. The fourth-order valence-corrected chi connectivity index (χ4v) is 2.41. The molecule has 1 rings (SSSR count). The van der Waals surface area contributed by atoms with Gasteiger partial charge in [-0.25, -0.2) is 0 Å². The number of nitrogens with one attached hydrogen (secondary N) is 1. The van der Waals surface area contributed by atoms with E-state index in [1.165, 1.54) is 19.5 Å². The minimum absolute atomic E-state index is 0.517. The van der Waals surface area contributed by atoms with E-state index < -0.39 is 0 Å². The molecule has 0 radical (unpaired) electrons. The summed E-state index contributed by atoms with van der Waals surface area (Å²) < 4.78 is 5.32. The molecule has 0 bridgehead atoms. The number of nitrogens with zero attached hydrogens (tertiary/aromatic N) is 1. The highest BCUT2D eigenvalue weighted by Gasteiger charge is 2.31. The van der Waals surface area contributed by atoms with Crippen molar-refractivity contribution in [1.82, 2.24) is 10.2 Å². The molecule has 1 aliphatic heterocycles. The molecule has 1 saturated heterocycles. The largest absolute Gasteiger partial charge is 0.382 e. The lowest BCUT2D eigenvalue weighted by Crippen LogP contribution is -2.40. The smallest absolute Gasteiger partial charge is 0.0477 e. The second-order valence-corrected chi connectivity index (χ2v) is 5.99. The summed E-state index contributed by atoms with van der Waals surface area (Å²) in [5.74, 6) is 0. The van der Waals surface area contributed by atoms with Gasteiger partial charge >= 0.3 is 0 Å². The maximum Gasteiger partial charge on any atom is 0.0477 e. The topological polar surface area (TPSA) is 24.5 Å². The number of hydrogen-bond donors (Lipinski definition) is 1. The van der Waals surface area contributed by atoms with E-state index >= 15 is 0 Å². The Labute approximate surface area is 107 Å². The molecule has 0 saturated carbocycles. The van der Waals surface area contributed by atoms with Crippen molar-refractivity contribution in [2.75, 3.05) is 39.4 Å². The molecule has 1 N–H and O–H groups in total. The average molecular weight is 242 g/mol. The molecule has 3 heteroatoms. The van der Waals surface area contributed by atoms with Crippen LogP contribution in [-0.4, -0.2) is 50.3 Å². The molecule has 1 fully saturated rings. The zero-order chi connectivity index (χ0) is 12.7. The van der Waals surface area contributed by atoms with Crippen molar-refractivity contribution in [3.05, 3.63) is 0 Å². The Morgan fingerprint density at radius 3 is 2.76 bits per heavy atom. The van der Waals surface area contributed by atoms with Crippen LogP contribution in [0.4, 0.5) is 0 Å². The van der Waals surface area contributed by atoms with Gasteiger partial charge in [0.15, 0.2) is 0 Å². The first-order chi connectivity index (χ1) is 8.05. The zero-order valence-corrected chi connectivity index (χ0v) is 12.1. The van der Waals surface area contributed by atoms with Gasteiger partial charge in [0.05, 0.1) is 0 Å². The van der Waals surface area contributed by atoms with Crippen LogP contribution in [0.25, 0.3) is 0 Å². The third-order valence-electron chi connectivity index (χ3n) is 3.62. The summed E-state index contributed by atoms with van der Waals surface area (Å²) in [7, 11) is 0. The van der Waals surface area contributed by atoms with Crippen molar-refractivity contribution >= 4 is 0 Å². The number of likely N-dealkylation sites (tertiary alicyclic amines) is 1. The molecule has 102 valence electrons. The number of ether oxygens (including phenoxy) is 1. The van der Waals surface area contributed by atoms with E-state index in [0.29, 0.717) is 11.5 Å². The summed E-state index contributed by atoms with van der Waals surface area (Å²) in [6, 6.07) is 0.656. The second-order valence-electron chi connectivity index (χ2n) is 5.99. The molecule has 3 nitrogen and oxygen atoms in total. The molecule has 1 heterocycles. The summed E-state index contributed by atoms with van der Waals surface area (Å²) >= 11 is 0. The standard InChI is InChI=1S/C14H30N2O/c1-5-17-10-6-8-15-11-13(2)16-9-7-14(3,4)12-16/h13,15H,5-12H2,1-4H3. The quantitative estimate of drug-likeness (QED) is 0.660. The fraction of sp³-hybridized carbons (Fsp3) is 1.00. The van der Waals surface area contributed by atoms with Crippen molar-refractivity contribution in [2.45, 2.75) is 46.6 Å². The lowest BCUT2D eigenvalue weighted by Gasteiger charge is -2.26. The Hall–Kier alpha value is -0.120. The van der Waals surface area contributed by atoms with Crippen LogP contribution < -0.4 is 5.32 Å².